The molecule has 1 aliphatic rings. The maximum atomic E-state index is 4.71. The second-order valence-electron chi connectivity index (χ2n) is 6.32. The van der Waals surface area contributed by atoms with Gasteiger partial charge < -0.3 is 0 Å². The first kappa shape index (κ1) is 15.3. The van der Waals surface area contributed by atoms with Crippen LogP contribution in [0.15, 0.2) is 22.2 Å². The lowest BCUT2D eigenvalue weighted by Gasteiger charge is -2.34. The first-order valence-corrected chi connectivity index (χ1v) is 9.91. The quantitative estimate of drug-likeness (QED) is 0.723. The van der Waals surface area contributed by atoms with Gasteiger partial charge in [0, 0.05) is 50.3 Å². The Balaban J connectivity index is 1.40. The van der Waals surface area contributed by atoms with E-state index < -0.39 is 0 Å². The van der Waals surface area contributed by atoms with E-state index in [1.165, 1.54) is 22.6 Å². The highest BCUT2D eigenvalue weighted by Gasteiger charge is 2.20. The van der Waals surface area contributed by atoms with Crippen LogP contribution < -0.4 is 0 Å². The van der Waals surface area contributed by atoms with Crippen LogP contribution in [0.5, 0.6) is 0 Å². The normalized spacial score (nSPS) is 17.3. The molecule has 0 saturated carbocycles. The summed E-state index contributed by atoms with van der Waals surface area (Å²) in [6, 6.07) is 2.24. The van der Waals surface area contributed by atoms with Gasteiger partial charge in [-0.1, -0.05) is 0 Å². The highest BCUT2D eigenvalue weighted by atomic mass is 32.1. The third-order valence-electron chi connectivity index (χ3n) is 4.65. The highest BCUT2D eigenvalue weighted by molar-refractivity contribution is 7.15. The van der Waals surface area contributed by atoms with E-state index in [1.807, 2.05) is 0 Å². The second-order valence-corrected chi connectivity index (χ2v) is 7.94. The molecule has 4 rings (SSSR count). The average Bonchev–Trinajstić information content (AvgIpc) is 3.23. The third kappa shape index (κ3) is 3.08. The third-order valence-corrected chi connectivity index (χ3v) is 6.33. The van der Waals surface area contributed by atoms with Crippen molar-refractivity contribution < 1.29 is 0 Å². The molecule has 1 saturated heterocycles. The summed E-state index contributed by atoms with van der Waals surface area (Å²) in [4.78, 5) is 11.0. The van der Waals surface area contributed by atoms with Gasteiger partial charge in [-0.2, -0.15) is 11.3 Å². The van der Waals surface area contributed by atoms with E-state index in [0.717, 1.165) is 44.2 Å². The number of fused-ring (bicyclic) bond motifs is 1. The fourth-order valence-corrected chi connectivity index (χ4v) is 4.90. The van der Waals surface area contributed by atoms with E-state index in [0.29, 0.717) is 0 Å². The lowest BCUT2D eigenvalue weighted by atomic mass is 10.2. The van der Waals surface area contributed by atoms with Crippen molar-refractivity contribution in [2.75, 3.05) is 26.2 Å². The number of thiazole rings is 1. The van der Waals surface area contributed by atoms with Crippen molar-refractivity contribution in [3.8, 4) is 0 Å². The predicted octanol–water partition coefficient (Wildman–Crippen LogP) is 3.39. The number of rotatable bonds is 4. The summed E-state index contributed by atoms with van der Waals surface area (Å²) in [6.45, 7) is 11.0. The van der Waals surface area contributed by atoms with Crippen LogP contribution in [-0.2, 0) is 13.1 Å². The standard InChI is InChI=1S/C17H22N4S2/c1-13-11-23-17-18-14(2)16(21(13)17)10-20-6-4-19(5-7-20)9-15-3-8-22-12-15/h3,8,11-12H,4-7,9-10H2,1-2H3. The van der Waals surface area contributed by atoms with Crippen LogP contribution >= 0.6 is 22.7 Å². The maximum Gasteiger partial charge on any atom is 0.194 e. The molecule has 0 aromatic carbocycles. The largest absolute Gasteiger partial charge is 0.297 e. The Morgan fingerprint density at radius 1 is 1.04 bits per heavy atom. The Bertz CT molecular complexity index is 779. The van der Waals surface area contributed by atoms with Gasteiger partial charge in [0.1, 0.15) is 0 Å². The van der Waals surface area contributed by atoms with E-state index in [4.69, 9.17) is 4.98 Å². The zero-order valence-electron chi connectivity index (χ0n) is 13.7. The number of hydrogen-bond donors (Lipinski definition) is 0. The minimum Gasteiger partial charge on any atom is -0.297 e. The molecule has 4 nitrogen and oxygen atoms in total. The summed E-state index contributed by atoms with van der Waals surface area (Å²) >= 11 is 3.53. The van der Waals surface area contributed by atoms with E-state index in [9.17, 15) is 0 Å². The van der Waals surface area contributed by atoms with Gasteiger partial charge in [0.15, 0.2) is 4.96 Å². The van der Waals surface area contributed by atoms with Gasteiger partial charge in [-0.15, -0.1) is 11.3 Å². The molecule has 0 spiro atoms. The number of thiophene rings is 1. The molecule has 122 valence electrons. The molecular weight excluding hydrogens is 324 g/mol. The van der Waals surface area contributed by atoms with Crippen molar-refractivity contribution in [2.45, 2.75) is 26.9 Å². The Kier molecular flexibility index (Phi) is 4.24. The van der Waals surface area contributed by atoms with Crippen LogP contribution in [0.3, 0.4) is 0 Å². The SMILES string of the molecule is Cc1nc2scc(C)n2c1CN1CCN(Cc2ccsc2)CC1. The molecule has 0 amide bonds. The van der Waals surface area contributed by atoms with Gasteiger partial charge in [-0.25, -0.2) is 4.98 Å². The molecule has 0 radical (unpaired) electrons. The van der Waals surface area contributed by atoms with Crippen LogP contribution in [0.2, 0.25) is 0 Å². The predicted molar refractivity (Wildman–Crippen MR) is 97.4 cm³/mol. The number of aromatic nitrogens is 2. The van der Waals surface area contributed by atoms with Crippen molar-refractivity contribution in [3.63, 3.8) is 0 Å². The molecule has 23 heavy (non-hydrogen) atoms. The van der Waals surface area contributed by atoms with Gasteiger partial charge in [0.25, 0.3) is 0 Å². The lowest BCUT2D eigenvalue weighted by Crippen LogP contribution is -2.45. The number of aryl methyl sites for hydroxylation is 2. The lowest BCUT2D eigenvalue weighted by molar-refractivity contribution is 0.120. The van der Waals surface area contributed by atoms with Crippen LogP contribution in [-0.4, -0.2) is 45.4 Å². The van der Waals surface area contributed by atoms with Crippen LogP contribution in [0.25, 0.3) is 4.96 Å². The zero-order chi connectivity index (χ0) is 15.8. The van der Waals surface area contributed by atoms with Crippen LogP contribution in [0, 0.1) is 13.8 Å². The van der Waals surface area contributed by atoms with E-state index >= 15 is 0 Å². The van der Waals surface area contributed by atoms with Gasteiger partial charge in [0.2, 0.25) is 0 Å². The van der Waals surface area contributed by atoms with Crippen molar-refractivity contribution in [1.82, 2.24) is 19.2 Å². The maximum absolute atomic E-state index is 4.71. The van der Waals surface area contributed by atoms with Crippen LogP contribution in [0.1, 0.15) is 22.6 Å². The Morgan fingerprint density at radius 2 is 1.78 bits per heavy atom. The molecule has 4 heterocycles. The topological polar surface area (TPSA) is 23.8 Å². The monoisotopic (exact) mass is 346 g/mol. The van der Waals surface area contributed by atoms with Crippen molar-refractivity contribution >= 4 is 27.6 Å². The van der Waals surface area contributed by atoms with Crippen molar-refractivity contribution in [2.24, 2.45) is 0 Å². The second kappa shape index (κ2) is 6.36. The molecule has 0 atom stereocenters. The minimum absolute atomic E-state index is 1.01. The fraction of sp³-hybridized carbons (Fsp3) is 0.471. The molecule has 1 fully saturated rings. The van der Waals surface area contributed by atoms with E-state index in [-0.39, 0.29) is 0 Å². The number of imidazole rings is 1. The fourth-order valence-electron chi connectivity index (χ4n) is 3.31. The molecule has 0 bridgehead atoms. The average molecular weight is 347 g/mol. The summed E-state index contributed by atoms with van der Waals surface area (Å²) in [6.07, 6.45) is 0. The molecule has 0 N–H and O–H groups in total. The molecule has 0 aliphatic carbocycles. The van der Waals surface area contributed by atoms with E-state index in [2.05, 4.69) is 50.3 Å². The number of nitrogens with zero attached hydrogens (tertiary/aromatic N) is 4. The smallest absolute Gasteiger partial charge is 0.194 e. The Morgan fingerprint density at radius 3 is 2.48 bits per heavy atom. The van der Waals surface area contributed by atoms with Gasteiger partial charge >= 0.3 is 0 Å². The first-order valence-electron chi connectivity index (χ1n) is 8.08. The van der Waals surface area contributed by atoms with Crippen LogP contribution in [0.4, 0.5) is 0 Å². The molecule has 0 unspecified atom stereocenters. The molecule has 3 aromatic heterocycles. The molecule has 1 aliphatic heterocycles. The minimum atomic E-state index is 1.01. The van der Waals surface area contributed by atoms with Gasteiger partial charge in [-0.05, 0) is 36.2 Å². The Labute approximate surface area is 145 Å². The van der Waals surface area contributed by atoms with Gasteiger partial charge in [0.05, 0.1) is 11.4 Å². The zero-order valence-corrected chi connectivity index (χ0v) is 15.3. The van der Waals surface area contributed by atoms with Gasteiger partial charge in [-0.3, -0.25) is 14.2 Å². The summed E-state index contributed by atoms with van der Waals surface area (Å²) in [5.41, 5.74) is 5.30. The number of piperazine rings is 1. The molecule has 6 heteroatoms. The van der Waals surface area contributed by atoms with E-state index in [1.54, 1.807) is 22.7 Å². The molecule has 3 aromatic rings. The Hall–Kier alpha value is -1.21. The van der Waals surface area contributed by atoms with Crippen molar-refractivity contribution in [1.29, 1.82) is 0 Å². The first-order chi connectivity index (χ1) is 11.2. The molecular formula is C17H22N4S2. The summed E-state index contributed by atoms with van der Waals surface area (Å²) in [7, 11) is 0. The van der Waals surface area contributed by atoms with Crippen molar-refractivity contribution in [3.05, 3.63) is 44.9 Å². The summed E-state index contributed by atoms with van der Waals surface area (Å²) < 4.78 is 2.33. The highest BCUT2D eigenvalue weighted by Crippen LogP contribution is 2.22. The summed E-state index contributed by atoms with van der Waals surface area (Å²) in [5.74, 6) is 0. The summed E-state index contributed by atoms with van der Waals surface area (Å²) in [5, 5.41) is 6.63. The number of hydrogen-bond acceptors (Lipinski definition) is 5.